The summed E-state index contributed by atoms with van der Waals surface area (Å²) in [6.07, 6.45) is 1.80. The van der Waals surface area contributed by atoms with Gasteiger partial charge in [-0.15, -0.1) is 0 Å². The summed E-state index contributed by atoms with van der Waals surface area (Å²) in [4.78, 5) is 17.1. The van der Waals surface area contributed by atoms with Crippen molar-refractivity contribution in [2.45, 2.75) is 13.5 Å². The molecule has 3 aromatic carbocycles. The number of carbonyl (C=O) groups is 1. The molecule has 1 fully saturated rings. The van der Waals surface area contributed by atoms with E-state index >= 15 is 0 Å². The molecule has 0 radical (unpaired) electrons. The normalized spacial score (nSPS) is 16.1. The van der Waals surface area contributed by atoms with E-state index in [9.17, 15) is 9.18 Å². The van der Waals surface area contributed by atoms with Gasteiger partial charge in [0.2, 0.25) is 0 Å². The van der Waals surface area contributed by atoms with Crippen LogP contribution >= 0.6 is 11.8 Å². The van der Waals surface area contributed by atoms with E-state index in [1.54, 1.807) is 18.2 Å². The Morgan fingerprint density at radius 2 is 1.83 bits per heavy atom. The molecule has 1 N–H and O–H groups in total. The van der Waals surface area contributed by atoms with Gasteiger partial charge in [0.05, 0.1) is 10.6 Å². The van der Waals surface area contributed by atoms with Crippen LogP contribution in [0.4, 0.5) is 10.1 Å². The highest BCUT2D eigenvalue weighted by Crippen LogP contribution is 2.28. The summed E-state index contributed by atoms with van der Waals surface area (Å²) in [5.41, 5.74) is 3.79. The van der Waals surface area contributed by atoms with Crippen LogP contribution in [0.3, 0.4) is 0 Å². The van der Waals surface area contributed by atoms with Crippen molar-refractivity contribution in [3.8, 4) is 5.75 Å². The standard InChI is InChI=1S/C24H19FN2O2S/c1-16-3-2-4-18(13-16)15-29-21-11-5-17(6-12-21)14-22-23(28)27-24(30-22)26-20-9-7-19(25)8-10-20/h2-14H,15H2,1H3,(H,26,27,28)/b22-14+. The SMILES string of the molecule is Cc1cccc(COc2ccc(/C=C3/SC(=Nc4ccc(F)cc4)NC3=O)cc2)c1. The Morgan fingerprint density at radius 1 is 1.07 bits per heavy atom. The number of benzene rings is 3. The Morgan fingerprint density at radius 3 is 2.57 bits per heavy atom. The largest absolute Gasteiger partial charge is 0.489 e. The molecule has 1 aliphatic rings. The topological polar surface area (TPSA) is 50.7 Å². The molecule has 1 saturated heterocycles. The van der Waals surface area contributed by atoms with Crippen LogP contribution in [0.1, 0.15) is 16.7 Å². The van der Waals surface area contributed by atoms with Crippen molar-refractivity contribution in [2.24, 2.45) is 4.99 Å². The molecule has 1 heterocycles. The number of rotatable bonds is 5. The Labute approximate surface area is 178 Å². The quantitative estimate of drug-likeness (QED) is 0.549. The number of halogens is 1. The third-order valence-electron chi connectivity index (χ3n) is 4.37. The van der Waals surface area contributed by atoms with Crippen LogP contribution in [0.2, 0.25) is 0 Å². The zero-order valence-corrected chi connectivity index (χ0v) is 17.1. The molecule has 1 aliphatic heterocycles. The molecule has 0 saturated carbocycles. The molecular weight excluding hydrogens is 399 g/mol. The lowest BCUT2D eigenvalue weighted by molar-refractivity contribution is -0.115. The smallest absolute Gasteiger partial charge is 0.264 e. The maximum atomic E-state index is 13.0. The molecule has 0 bridgehead atoms. The molecule has 0 spiro atoms. The lowest BCUT2D eigenvalue weighted by Crippen LogP contribution is -2.19. The van der Waals surface area contributed by atoms with Crippen LogP contribution in [-0.2, 0) is 11.4 Å². The average Bonchev–Trinajstić information content (AvgIpc) is 3.08. The highest BCUT2D eigenvalue weighted by atomic mass is 32.2. The first-order chi connectivity index (χ1) is 14.5. The second-order valence-electron chi connectivity index (χ2n) is 6.80. The number of thioether (sulfide) groups is 1. The van der Waals surface area contributed by atoms with Crippen molar-refractivity contribution in [3.63, 3.8) is 0 Å². The van der Waals surface area contributed by atoms with Gasteiger partial charge in [0, 0.05) is 0 Å². The molecule has 6 heteroatoms. The van der Waals surface area contributed by atoms with Crippen LogP contribution in [0.15, 0.2) is 82.7 Å². The third-order valence-corrected chi connectivity index (χ3v) is 5.28. The van der Waals surface area contributed by atoms with E-state index in [1.807, 2.05) is 36.4 Å². The number of nitrogens with zero attached hydrogens (tertiary/aromatic N) is 1. The van der Waals surface area contributed by atoms with E-state index < -0.39 is 0 Å². The van der Waals surface area contributed by atoms with Gasteiger partial charge in [-0.2, -0.15) is 0 Å². The van der Waals surface area contributed by atoms with E-state index in [0.29, 0.717) is 22.4 Å². The van der Waals surface area contributed by atoms with Crippen molar-refractivity contribution < 1.29 is 13.9 Å². The number of amidine groups is 1. The Hall–Kier alpha value is -3.38. The highest BCUT2D eigenvalue weighted by Gasteiger charge is 2.23. The molecule has 1 amide bonds. The fraction of sp³-hybridized carbons (Fsp3) is 0.0833. The van der Waals surface area contributed by atoms with Gasteiger partial charge in [-0.3, -0.25) is 4.79 Å². The molecule has 0 atom stereocenters. The number of aliphatic imine (C=N–C) groups is 1. The van der Waals surface area contributed by atoms with E-state index in [1.165, 1.54) is 29.5 Å². The molecule has 0 unspecified atom stereocenters. The fourth-order valence-corrected chi connectivity index (χ4v) is 3.74. The van der Waals surface area contributed by atoms with Gasteiger partial charge in [0.25, 0.3) is 5.91 Å². The summed E-state index contributed by atoms with van der Waals surface area (Å²) in [7, 11) is 0. The molecule has 4 nitrogen and oxygen atoms in total. The van der Waals surface area contributed by atoms with Gasteiger partial charge in [-0.25, -0.2) is 9.38 Å². The minimum atomic E-state index is -0.325. The molecule has 0 aromatic heterocycles. The summed E-state index contributed by atoms with van der Waals surface area (Å²) in [5, 5.41) is 3.20. The summed E-state index contributed by atoms with van der Waals surface area (Å²) in [6, 6.07) is 21.6. The number of amides is 1. The molecule has 3 aromatic rings. The van der Waals surface area contributed by atoms with Crippen molar-refractivity contribution in [1.29, 1.82) is 0 Å². The van der Waals surface area contributed by atoms with Gasteiger partial charge in [-0.05, 0) is 72.3 Å². The zero-order valence-electron chi connectivity index (χ0n) is 16.3. The highest BCUT2D eigenvalue weighted by molar-refractivity contribution is 8.18. The van der Waals surface area contributed by atoms with Gasteiger partial charge >= 0.3 is 0 Å². The van der Waals surface area contributed by atoms with E-state index in [4.69, 9.17) is 4.74 Å². The van der Waals surface area contributed by atoms with E-state index in [2.05, 4.69) is 29.4 Å². The van der Waals surface area contributed by atoms with Gasteiger partial charge in [0.15, 0.2) is 5.17 Å². The first-order valence-corrected chi connectivity index (χ1v) is 10.2. The van der Waals surface area contributed by atoms with Gasteiger partial charge < -0.3 is 10.1 Å². The van der Waals surface area contributed by atoms with Crippen LogP contribution < -0.4 is 10.1 Å². The van der Waals surface area contributed by atoms with E-state index in [-0.39, 0.29) is 11.7 Å². The first kappa shape index (κ1) is 19.9. The average molecular weight is 418 g/mol. The monoisotopic (exact) mass is 418 g/mol. The number of nitrogens with one attached hydrogen (secondary N) is 1. The number of carbonyl (C=O) groups excluding carboxylic acids is 1. The van der Waals surface area contributed by atoms with Crippen LogP contribution in [0.5, 0.6) is 5.75 Å². The van der Waals surface area contributed by atoms with E-state index in [0.717, 1.165) is 16.9 Å². The number of aryl methyl sites for hydroxylation is 1. The predicted molar refractivity (Wildman–Crippen MR) is 119 cm³/mol. The fourth-order valence-electron chi connectivity index (χ4n) is 2.89. The molecule has 150 valence electrons. The number of hydrogen-bond acceptors (Lipinski definition) is 4. The van der Waals surface area contributed by atoms with Crippen molar-refractivity contribution in [2.75, 3.05) is 0 Å². The zero-order chi connectivity index (χ0) is 20.9. The van der Waals surface area contributed by atoms with Crippen molar-refractivity contribution in [3.05, 3.63) is 100 Å². The van der Waals surface area contributed by atoms with Crippen LogP contribution in [0.25, 0.3) is 6.08 Å². The Balaban J connectivity index is 1.40. The minimum Gasteiger partial charge on any atom is -0.489 e. The summed E-state index contributed by atoms with van der Waals surface area (Å²) in [6.45, 7) is 2.56. The van der Waals surface area contributed by atoms with Gasteiger partial charge in [0.1, 0.15) is 18.2 Å². The second kappa shape index (κ2) is 8.97. The molecule has 4 rings (SSSR count). The molecule has 30 heavy (non-hydrogen) atoms. The van der Waals surface area contributed by atoms with Crippen molar-refractivity contribution in [1.82, 2.24) is 5.32 Å². The molecular formula is C24H19FN2O2S. The minimum absolute atomic E-state index is 0.208. The van der Waals surface area contributed by atoms with Gasteiger partial charge in [-0.1, -0.05) is 42.0 Å². The maximum absolute atomic E-state index is 13.0. The lowest BCUT2D eigenvalue weighted by Gasteiger charge is -2.07. The molecule has 0 aliphatic carbocycles. The first-order valence-electron chi connectivity index (χ1n) is 9.39. The Bertz CT molecular complexity index is 1120. The van der Waals surface area contributed by atoms with Crippen LogP contribution in [0, 0.1) is 12.7 Å². The lowest BCUT2D eigenvalue weighted by atomic mass is 10.1. The summed E-state index contributed by atoms with van der Waals surface area (Å²) in [5.74, 6) is 0.232. The van der Waals surface area contributed by atoms with Crippen LogP contribution in [-0.4, -0.2) is 11.1 Å². The summed E-state index contributed by atoms with van der Waals surface area (Å²) >= 11 is 1.25. The number of ether oxygens (including phenoxy) is 1. The second-order valence-corrected chi connectivity index (χ2v) is 7.84. The third kappa shape index (κ3) is 5.15. The maximum Gasteiger partial charge on any atom is 0.264 e. The van der Waals surface area contributed by atoms with Crippen molar-refractivity contribution >= 4 is 34.6 Å². The predicted octanol–water partition coefficient (Wildman–Crippen LogP) is 5.60. The summed E-state index contributed by atoms with van der Waals surface area (Å²) < 4.78 is 18.8. The number of hydrogen-bond donors (Lipinski definition) is 1. The Kier molecular flexibility index (Phi) is 5.95.